The highest BCUT2D eigenvalue weighted by Gasteiger charge is 2.30. The standard InChI is InChI=1S/C28H30N4O7/c1-38-24-11-5-10-20-19(24)14-22(31-20)27(36)30-15-25(34)32-21(13-18-9-6-12-29-26(18)35)23(33)16-39-28(37)17-7-3-2-4-8-17/h2-5,7-8,10-11,14,18,21,31H,6,9,12-13,15-16H2,1H3,(H,29,35)(H,30,36)(H,32,34)/t18-,21-/m0/s1. The molecule has 2 atom stereocenters. The third kappa shape index (κ3) is 7.01. The lowest BCUT2D eigenvalue weighted by atomic mass is 9.90. The van der Waals surface area contributed by atoms with Crippen LogP contribution < -0.4 is 20.7 Å². The maximum atomic E-state index is 13.0. The smallest absolute Gasteiger partial charge is 0.338 e. The zero-order valence-corrected chi connectivity index (χ0v) is 21.5. The van der Waals surface area contributed by atoms with E-state index in [-0.39, 0.29) is 23.6 Å². The Bertz CT molecular complexity index is 1370. The highest BCUT2D eigenvalue weighted by Crippen LogP contribution is 2.26. The molecular weight excluding hydrogens is 504 g/mol. The van der Waals surface area contributed by atoms with Crippen molar-refractivity contribution in [2.75, 3.05) is 26.8 Å². The van der Waals surface area contributed by atoms with Crippen LogP contribution >= 0.6 is 0 Å². The Labute approximate surface area is 224 Å². The molecule has 2 aromatic carbocycles. The maximum absolute atomic E-state index is 13.0. The van der Waals surface area contributed by atoms with E-state index in [2.05, 4.69) is 20.9 Å². The highest BCUT2D eigenvalue weighted by molar-refractivity contribution is 6.01. The Balaban J connectivity index is 1.37. The molecular formula is C28H30N4O7. The van der Waals surface area contributed by atoms with E-state index in [1.54, 1.807) is 54.6 Å². The second kappa shape index (κ2) is 12.7. The molecule has 0 aliphatic carbocycles. The fourth-order valence-corrected chi connectivity index (χ4v) is 4.44. The topological polar surface area (TPSA) is 156 Å². The lowest BCUT2D eigenvalue weighted by molar-refractivity contribution is -0.132. The Morgan fingerprint density at radius 3 is 2.62 bits per heavy atom. The number of rotatable bonds is 11. The minimum atomic E-state index is -1.08. The number of fused-ring (bicyclic) bond motifs is 1. The van der Waals surface area contributed by atoms with Crippen molar-refractivity contribution in [1.82, 2.24) is 20.9 Å². The Morgan fingerprint density at radius 2 is 1.87 bits per heavy atom. The largest absolute Gasteiger partial charge is 0.496 e. The number of methoxy groups -OCH3 is 1. The fourth-order valence-electron chi connectivity index (χ4n) is 4.44. The molecule has 204 valence electrons. The summed E-state index contributed by atoms with van der Waals surface area (Å²) in [7, 11) is 1.53. The van der Waals surface area contributed by atoms with Gasteiger partial charge >= 0.3 is 5.97 Å². The molecule has 4 N–H and O–H groups in total. The van der Waals surface area contributed by atoms with Crippen LogP contribution in [0.2, 0.25) is 0 Å². The number of carbonyl (C=O) groups excluding carboxylic acids is 5. The molecule has 0 unspecified atom stereocenters. The summed E-state index contributed by atoms with van der Waals surface area (Å²) in [6.45, 7) is -0.424. The molecule has 1 aromatic heterocycles. The second-order valence-corrected chi connectivity index (χ2v) is 9.18. The number of esters is 1. The lowest BCUT2D eigenvalue weighted by Gasteiger charge is -2.26. The number of benzene rings is 2. The van der Waals surface area contributed by atoms with Gasteiger partial charge < -0.3 is 30.4 Å². The van der Waals surface area contributed by atoms with Crippen molar-refractivity contribution in [2.24, 2.45) is 5.92 Å². The van der Waals surface area contributed by atoms with E-state index < -0.39 is 48.7 Å². The number of amides is 3. The number of hydrogen-bond donors (Lipinski definition) is 4. The summed E-state index contributed by atoms with van der Waals surface area (Å²) >= 11 is 0. The highest BCUT2D eigenvalue weighted by atomic mass is 16.5. The number of ether oxygens (including phenoxy) is 2. The van der Waals surface area contributed by atoms with E-state index >= 15 is 0 Å². The molecule has 0 saturated carbocycles. The summed E-state index contributed by atoms with van der Waals surface area (Å²) in [5.41, 5.74) is 1.22. The van der Waals surface area contributed by atoms with Gasteiger partial charge in [0.25, 0.3) is 5.91 Å². The number of Topliss-reactive ketones (excluding diaryl/α,β-unsaturated/α-hetero) is 1. The Hall–Kier alpha value is -4.67. The molecule has 4 rings (SSSR count). The number of aromatic amines is 1. The normalized spacial score (nSPS) is 15.6. The molecule has 11 heteroatoms. The summed E-state index contributed by atoms with van der Waals surface area (Å²) in [6.07, 6.45) is 1.37. The van der Waals surface area contributed by atoms with Gasteiger partial charge in [-0.25, -0.2) is 4.79 Å². The van der Waals surface area contributed by atoms with E-state index in [4.69, 9.17) is 9.47 Å². The first-order valence-electron chi connectivity index (χ1n) is 12.6. The molecule has 0 radical (unpaired) electrons. The molecule has 1 fully saturated rings. The minimum absolute atomic E-state index is 0.0506. The minimum Gasteiger partial charge on any atom is -0.496 e. The second-order valence-electron chi connectivity index (χ2n) is 9.18. The summed E-state index contributed by atoms with van der Waals surface area (Å²) in [6, 6.07) is 14.1. The van der Waals surface area contributed by atoms with Gasteiger partial charge in [-0.15, -0.1) is 0 Å². The third-order valence-corrected chi connectivity index (χ3v) is 6.50. The van der Waals surface area contributed by atoms with E-state index in [0.29, 0.717) is 24.2 Å². The summed E-state index contributed by atoms with van der Waals surface area (Å²) in [5, 5.41) is 8.60. The molecule has 11 nitrogen and oxygen atoms in total. The van der Waals surface area contributed by atoms with Crippen molar-refractivity contribution in [1.29, 1.82) is 0 Å². The first-order chi connectivity index (χ1) is 18.9. The van der Waals surface area contributed by atoms with E-state index in [0.717, 1.165) is 11.8 Å². The Kier molecular flexibility index (Phi) is 8.93. The zero-order valence-electron chi connectivity index (χ0n) is 21.5. The monoisotopic (exact) mass is 534 g/mol. The van der Waals surface area contributed by atoms with Crippen molar-refractivity contribution in [3.8, 4) is 5.75 Å². The molecule has 0 spiro atoms. The van der Waals surface area contributed by atoms with Crippen LogP contribution in [-0.2, 0) is 19.1 Å². The number of H-pyrrole nitrogens is 1. The SMILES string of the molecule is COc1cccc2[nH]c(C(=O)NCC(=O)N[C@@H](C[C@@H]3CCCNC3=O)C(=O)COC(=O)c3ccccc3)cc12. The van der Waals surface area contributed by atoms with Gasteiger partial charge in [0.15, 0.2) is 12.4 Å². The number of piperidine rings is 1. The fraction of sp³-hybridized carbons (Fsp3) is 0.321. The predicted octanol–water partition coefficient (Wildman–Crippen LogP) is 1.73. The van der Waals surface area contributed by atoms with Gasteiger partial charge in [0.2, 0.25) is 11.8 Å². The molecule has 2 heterocycles. The summed E-state index contributed by atoms with van der Waals surface area (Å²) < 4.78 is 10.5. The number of carbonyl (C=O) groups is 5. The molecule has 1 aliphatic rings. The average Bonchev–Trinajstić information content (AvgIpc) is 3.40. The van der Waals surface area contributed by atoms with Crippen LogP contribution in [0.4, 0.5) is 0 Å². The molecule has 1 saturated heterocycles. The third-order valence-electron chi connectivity index (χ3n) is 6.50. The zero-order chi connectivity index (χ0) is 27.8. The van der Waals surface area contributed by atoms with Crippen LogP contribution in [-0.4, -0.2) is 67.3 Å². The maximum Gasteiger partial charge on any atom is 0.338 e. The van der Waals surface area contributed by atoms with Crippen LogP contribution in [0.5, 0.6) is 5.75 Å². The van der Waals surface area contributed by atoms with Gasteiger partial charge in [0, 0.05) is 23.4 Å². The van der Waals surface area contributed by atoms with Crippen molar-refractivity contribution >= 4 is 40.4 Å². The summed E-state index contributed by atoms with van der Waals surface area (Å²) in [4.78, 5) is 65.9. The van der Waals surface area contributed by atoms with Crippen LogP contribution in [0.3, 0.4) is 0 Å². The van der Waals surface area contributed by atoms with Crippen molar-refractivity contribution in [3.05, 3.63) is 65.9 Å². The number of hydrogen-bond acceptors (Lipinski definition) is 7. The quantitative estimate of drug-likeness (QED) is 0.273. The van der Waals surface area contributed by atoms with Gasteiger partial charge in [-0.1, -0.05) is 24.3 Å². The van der Waals surface area contributed by atoms with E-state index in [1.165, 1.54) is 7.11 Å². The van der Waals surface area contributed by atoms with E-state index in [1.807, 2.05) is 0 Å². The van der Waals surface area contributed by atoms with Gasteiger partial charge in [0.1, 0.15) is 11.4 Å². The number of ketones is 1. The van der Waals surface area contributed by atoms with Crippen molar-refractivity contribution in [3.63, 3.8) is 0 Å². The van der Waals surface area contributed by atoms with Crippen LogP contribution in [0.15, 0.2) is 54.6 Å². The van der Waals surface area contributed by atoms with Crippen LogP contribution in [0.25, 0.3) is 10.9 Å². The lowest BCUT2D eigenvalue weighted by Crippen LogP contribution is -2.49. The van der Waals surface area contributed by atoms with Crippen LogP contribution in [0.1, 0.15) is 40.1 Å². The molecule has 39 heavy (non-hydrogen) atoms. The van der Waals surface area contributed by atoms with Crippen LogP contribution in [0, 0.1) is 5.92 Å². The van der Waals surface area contributed by atoms with Gasteiger partial charge in [-0.05, 0) is 49.6 Å². The van der Waals surface area contributed by atoms with Crippen molar-refractivity contribution < 1.29 is 33.4 Å². The molecule has 1 aliphatic heterocycles. The number of aromatic nitrogens is 1. The van der Waals surface area contributed by atoms with Gasteiger partial charge in [-0.2, -0.15) is 0 Å². The first kappa shape index (κ1) is 27.4. The molecule has 3 aromatic rings. The predicted molar refractivity (Wildman–Crippen MR) is 141 cm³/mol. The van der Waals surface area contributed by atoms with Gasteiger partial charge in [-0.3, -0.25) is 19.2 Å². The molecule has 3 amide bonds. The van der Waals surface area contributed by atoms with E-state index in [9.17, 15) is 24.0 Å². The average molecular weight is 535 g/mol. The Morgan fingerprint density at radius 1 is 1.08 bits per heavy atom. The van der Waals surface area contributed by atoms with Gasteiger partial charge in [0.05, 0.1) is 25.3 Å². The first-order valence-corrected chi connectivity index (χ1v) is 12.6. The van der Waals surface area contributed by atoms with Crippen molar-refractivity contribution in [2.45, 2.75) is 25.3 Å². The summed E-state index contributed by atoms with van der Waals surface area (Å²) in [5.74, 6) is -2.45. The molecule has 0 bridgehead atoms. The number of nitrogens with one attached hydrogen (secondary N) is 4.